The fourth-order valence-corrected chi connectivity index (χ4v) is 2.35. The van der Waals surface area contributed by atoms with Crippen molar-refractivity contribution in [2.75, 3.05) is 20.6 Å². The van der Waals surface area contributed by atoms with Crippen LogP contribution >= 0.6 is 0 Å². The molecule has 120 valence electrons. The zero-order valence-electron chi connectivity index (χ0n) is 13.3. The van der Waals surface area contributed by atoms with E-state index >= 15 is 0 Å². The summed E-state index contributed by atoms with van der Waals surface area (Å²) in [7, 11) is 3.96. The van der Waals surface area contributed by atoms with Gasteiger partial charge in [0, 0.05) is 17.7 Å². The van der Waals surface area contributed by atoms with Crippen LogP contribution in [0.15, 0.2) is 54.6 Å². The largest absolute Gasteiger partial charge is 0.366 e. The Morgan fingerprint density at radius 1 is 1.00 bits per heavy atom. The topological polar surface area (TPSA) is 75.4 Å². The van der Waals surface area contributed by atoms with Crippen LogP contribution in [0, 0.1) is 0 Å². The van der Waals surface area contributed by atoms with Gasteiger partial charge >= 0.3 is 0 Å². The van der Waals surface area contributed by atoms with Crippen molar-refractivity contribution in [2.45, 2.75) is 6.04 Å². The molecule has 2 amide bonds. The monoisotopic (exact) mass is 311 g/mol. The number of likely N-dealkylation sites (N-methyl/N-ethyl adjacent to an activating group) is 1. The van der Waals surface area contributed by atoms with Crippen LogP contribution in [0.2, 0.25) is 0 Å². The lowest BCUT2D eigenvalue weighted by Gasteiger charge is -2.25. The van der Waals surface area contributed by atoms with E-state index in [9.17, 15) is 9.59 Å². The number of primary amides is 1. The molecule has 2 aromatic rings. The Balaban J connectivity index is 2.03. The summed E-state index contributed by atoms with van der Waals surface area (Å²) in [4.78, 5) is 25.3. The van der Waals surface area contributed by atoms with Crippen LogP contribution in [-0.2, 0) is 0 Å². The van der Waals surface area contributed by atoms with Gasteiger partial charge in [-0.1, -0.05) is 30.3 Å². The Morgan fingerprint density at radius 3 is 2.09 bits per heavy atom. The SMILES string of the molecule is CN(C)C(CNC(=O)c1ccc(C(N)=O)cc1)c1ccccc1. The van der Waals surface area contributed by atoms with E-state index in [4.69, 9.17) is 5.73 Å². The molecule has 0 saturated carbocycles. The highest BCUT2D eigenvalue weighted by Crippen LogP contribution is 2.17. The van der Waals surface area contributed by atoms with Crippen LogP contribution in [0.5, 0.6) is 0 Å². The average Bonchev–Trinajstić information content (AvgIpc) is 2.55. The average molecular weight is 311 g/mol. The molecule has 0 fully saturated rings. The molecule has 1 atom stereocenters. The predicted molar refractivity (Wildman–Crippen MR) is 90.2 cm³/mol. The molecule has 5 nitrogen and oxygen atoms in total. The third-order valence-electron chi connectivity index (χ3n) is 3.70. The minimum Gasteiger partial charge on any atom is -0.366 e. The lowest BCUT2D eigenvalue weighted by Crippen LogP contribution is -2.34. The van der Waals surface area contributed by atoms with E-state index in [2.05, 4.69) is 10.2 Å². The van der Waals surface area contributed by atoms with Crippen molar-refractivity contribution in [3.63, 3.8) is 0 Å². The maximum Gasteiger partial charge on any atom is 0.251 e. The summed E-state index contributed by atoms with van der Waals surface area (Å²) in [6, 6.07) is 16.4. The highest BCUT2D eigenvalue weighted by atomic mass is 16.2. The number of hydrogen-bond acceptors (Lipinski definition) is 3. The van der Waals surface area contributed by atoms with Crippen molar-refractivity contribution in [2.24, 2.45) is 5.73 Å². The molecule has 0 aliphatic rings. The van der Waals surface area contributed by atoms with E-state index in [1.54, 1.807) is 24.3 Å². The molecule has 0 radical (unpaired) electrons. The van der Waals surface area contributed by atoms with Gasteiger partial charge in [-0.15, -0.1) is 0 Å². The number of carbonyl (C=O) groups is 2. The number of hydrogen-bond donors (Lipinski definition) is 2. The maximum absolute atomic E-state index is 12.2. The molecule has 0 spiro atoms. The Morgan fingerprint density at radius 2 is 1.57 bits per heavy atom. The Bertz CT molecular complexity index is 666. The van der Waals surface area contributed by atoms with Gasteiger partial charge in [0.15, 0.2) is 0 Å². The second-order valence-corrected chi connectivity index (χ2v) is 5.54. The summed E-state index contributed by atoms with van der Waals surface area (Å²) in [6.07, 6.45) is 0. The number of nitrogens with two attached hydrogens (primary N) is 1. The van der Waals surface area contributed by atoms with Crippen molar-refractivity contribution < 1.29 is 9.59 Å². The van der Waals surface area contributed by atoms with Crippen molar-refractivity contribution >= 4 is 11.8 Å². The number of nitrogens with one attached hydrogen (secondary N) is 1. The van der Waals surface area contributed by atoms with E-state index in [0.29, 0.717) is 17.7 Å². The van der Waals surface area contributed by atoms with Crippen LogP contribution in [-0.4, -0.2) is 37.4 Å². The Hall–Kier alpha value is -2.66. The number of nitrogens with zero attached hydrogens (tertiary/aromatic N) is 1. The van der Waals surface area contributed by atoms with Crippen molar-refractivity contribution in [1.82, 2.24) is 10.2 Å². The molecule has 0 bridgehead atoms. The van der Waals surface area contributed by atoms with Crippen molar-refractivity contribution in [3.05, 3.63) is 71.3 Å². The lowest BCUT2D eigenvalue weighted by molar-refractivity contribution is 0.0939. The molecule has 0 aliphatic carbocycles. The Labute approximate surface area is 136 Å². The van der Waals surface area contributed by atoms with Gasteiger partial charge in [-0.2, -0.15) is 0 Å². The van der Waals surface area contributed by atoms with Gasteiger partial charge in [-0.25, -0.2) is 0 Å². The molecule has 3 N–H and O–H groups in total. The van der Waals surface area contributed by atoms with Gasteiger partial charge in [-0.3, -0.25) is 9.59 Å². The molecular weight excluding hydrogens is 290 g/mol. The molecular formula is C18H21N3O2. The van der Waals surface area contributed by atoms with Gasteiger partial charge in [0.25, 0.3) is 5.91 Å². The first-order valence-corrected chi connectivity index (χ1v) is 7.38. The predicted octanol–water partition coefficient (Wildman–Crippen LogP) is 1.82. The fraction of sp³-hybridized carbons (Fsp3) is 0.222. The molecule has 0 heterocycles. The molecule has 0 aromatic heterocycles. The minimum atomic E-state index is -0.506. The second-order valence-electron chi connectivity index (χ2n) is 5.54. The summed E-state index contributed by atoms with van der Waals surface area (Å²) < 4.78 is 0. The molecule has 0 aliphatic heterocycles. The first kappa shape index (κ1) is 16.7. The zero-order valence-corrected chi connectivity index (χ0v) is 13.3. The van der Waals surface area contributed by atoms with Crippen LogP contribution in [0.4, 0.5) is 0 Å². The van der Waals surface area contributed by atoms with Crippen LogP contribution in [0.25, 0.3) is 0 Å². The molecule has 23 heavy (non-hydrogen) atoms. The first-order chi connectivity index (χ1) is 11.0. The first-order valence-electron chi connectivity index (χ1n) is 7.38. The van der Waals surface area contributed by atoms with Crippen molar-refractivity contribution in [3.8, 4) is 0 Å². The number of carbonyl (C=O) groups excluding carboxylic acids is 2. The summed E-state index contributed by atoms with van der Waals surface area (Å²) >= 11 is 0. The molecule has 0 saturated heterocycles. The molecule has 5 heteroatoms. The molecule has 2 rings (SSSR count). The number of rotatable bonds is 6. The smallest absolute Gasteiger partial charge is 0.251 e. The van der Waals surface area contributed by atoms with Crippen LogP contribution in [0.3, 0.4) is 0 Å². The van der Waals surface area contributed by atoms with E-state index in [1.807, 2.05) is 44.4 Å². The zero-order chi connectivity index (χ0) is 16.8. The standard InChI is InChI=1S/C18H21N3O2/c1-21(2)16(13-6-4-3-5-7-13)12-20-18(23)15-10-8-14(9-11-15)17(19)22/h3-11,16H,12H2,1-2H3,(H2,19,22)(H,20,23). The van der Waals surface area contributed by atoms with E-state index in [-0.39, 0.29) is 11.9 Å². The van der Waals surface area contributed by atoms with Gasteiger partial charge in [0.2, 0.25) is 5.91 Å². The highest BCUT2D eigenvalue weighted by molar-refractivity contribution is 5.97. The normalized spacial score (nSPS) is 12.0. The number of amides is 2. The Kier molecular flexibility index (Phi) is 5.49. The van der Waals surface area contributed by atoms with Gasteiger partial charge < -0.3 is 16.0 Å². The van der Waals surface area contributed by atoms with E-state index in [0.717, 1.165) is 5.56 Å². The summed E-state index contributed by atoms with van der Waals surface area (Å²) in [6.45, 7) is 0.493. The van der Waals surface area contributed by atoms with Crippen LogP contribution in [0.1, 0.15) is 32.3 Å². The summed E-state index contributed by atoms with van der Waals surface area (Å²) in [5.41, 5.74) is 7.22. The molecule has 1 unspecified atom stereocenters. The van der Waals surface area contributed by atoms with Crippen LogP contribution < -0.4 is 11.1 Å². The molecule has 2 aromatic carbocycles. The maximum atomic E-state index is 12.2. The summed E-state index contributed by atoms with van der Waals surface area (Å²) in [5.74, 6) is -0.683. The van der Waals surface area contributed by atoms with Crippen molar-refractivity contribution in [1.29, 1.82) is 0 Å². The van der Waals surface area contributed by atoms with Gasteiger partial charge in [-0.05, 0) is 43.9 Å². The fourth-order valence-electron chi connectivity index (χ4n) is 2.35. The third-order valence-corrected chi connectivity index (χ3v) is 3.70. The lowest BCUT2D eigenvalue weighted by atomic mass is 10.1. The van der Waals surface area contributed by atoms with E-state index in [1.165, 1.54) is 0 Å². The summed E-state index contributed by atoms with van der Waals surface area (Å²) in [5, 5.41) is 2.93. The van der Waals surface area contributed by atoms with Gasteiger partial charge in [0.1, 0.15) is 0 Å². The van der Waals surface area contributed by atoms with Gasteiger partial charge in [0.05, 0.1) is 6.04 Å². The number of benzene rings is 2. The quantitative estimate of drug-likeness (QED) is 0.854. The third kappa shape index (κ3) is 4.40. The van der Waals surface area contributed by atoms with E-state index < -0.39 is 5.91 Å². The minimum absolute atomic E-state index is 0.0880. The highest BCUT2D eigenvalue weighted by Gasteiger charge is 2.15. The second kappa shape index (κ2) is 7.56.